The summed E-state index contributed by atoms with van der Waals surface area (Å²) in [4.78, 5) is -1.21. The van der Waals surface area contributed by atoms with Crippen molar-refractivity contribution in [1.29, 1.82) is 0 Å². The molecular weight excluding hydrogens is 309 g/mol. The summed E-state index contributed by atoms with van der Waals surface area (Å²) in [5.74, 6) is 0. The Hall–Kier alpha value is -1.33. The van der Waals surface area contributed by atoms with Gasteiger partial charge >= 0.3 is 6.18 Å². The molecule has 0 amide bonds. The van der Waals surface area contributed by atoms with Crippen molar-refractivity contribution in [2.24, 2.45) is 0 Å². The van der Waals surface area contributed by atoms with Crippen LogP contribution in [0.2, 0.25) is 0 Å². The van der Waals surface area contributed by atoms with Gasteiger partial charge in [-0.1, -0.05) is 0 Å². The lowest BCUT2D eigenvalue weighted by Crippen LogP contribution is -2.31. The maximum absolute atomic E-state index is 12.7. The smallest absolute Gasteiger partial charge is 0.399 e. The number of rotatable bonds is 3. The molecule has 0 aliphatic rings. The van der Waals surface area contributed by atoms with Crippen LogP contribution < -0.4 is 9.86 Å². The molecule has 0 aromatic heterocycles. The zero-order chi connectivity index (χ0) is 15.1. The van der Waals surface area contributed by atoms with Crippen LogP contribution in [0.5, 0.6) is 0 Å². The van der Waals surface area contributed by atoms with Gasteiger partial charge < -0.3 is 5.73 Å². The standard InChI is InChI=1S/C8H9F3N2O4S2/c1-18(14,15)13-19(16,17)7-3-2-5(12)4-6(7)8(9,10)11/h2-4,13H,12H2,1H3. The first-order valence-electron chi connectivity index (χ1n) is 4.53. The lowest BCUT2D eigenvalue weighted by Gasteiger charge is -2.13. The second-order valence-corrected chi connectivity index (χ2v) is 7.27. The number of halogens is 3. The van der Waals surface area contributed by atoms with E-state index >= 15 is 0 Å². The van der Waals surface area contributed by atoms with Crippen LogP contribution in [0.1, 0.15) is 5.56 Å². The van der Waals surface area contributed by atoms with Gasteiger partial charge in [0.15, 0.2) is 0 Å². The summed E-state index contributed by atoms with van der Waals surface area (Å²) < 4.78 is 84.1. The molecule has 19 heavy (non-hydrogen) atoms. The Bertz CT molecular complexity index is 695. The largest absolute Gasteiger partial charge is 0.417 e. The molecule has 0 unspecified atom stereocenters. The minimum atomic E-state index is -4.99. The quantitative estimate of drug-likeness (QED) is 0.791. The molecule has 0 heterocycles. The van der Waals surface area contributed by atoms with Gasteiger partial charge in [0.05, 0.1) is 16.7 Å². The number of sulfonamides is 2. The van der Waals surface area contributed by atoms with Gasteiger partial charge in [0, 0.05) is 5.69 Å². The summed E-state index contributed by atoms with van der Waals surface area (Å²) in [5.41, 5.74) is 3.32. The molecule has 0 spiro atoms. The highest BCUT2D eigenvalue weighted by molar-refractivity contribution is 8.04. The lowest BCUT2D eigenvalue weighted by molar-refractivity contribution is -0.139. The average molecular weight is 318 g/mol. The molecular formula is C8H9F3N2O4S2. The van der Waals surface area contributed by atoms with Gasteiger partial charge in [-0.15, -0.1) is 4.13 Å². The summed E-state index contributed by atoms with van der Waals surface area (Å²) in [5, 5.41) is 0. The van der Waals surface area contributed by atoms with Crippen LogP contribution in [0.25, 0.3) is 0 Å². The van der Waals surface area contributed by atoms with Crippen molar-refractivity contribution in [3.05, 3.63) is 23.8 Å². The summed E-state index contributed by atoms with van der Waals surface area (Å²) in [6, 6.07) is 1.93. The van der Waals surface area contributed by atoms with Crippen LogP contribution in [0.4, 0.5) is 18.9 Å². The highest BCUT2D eigenvalue weighted by atomic mass is 32.3. The topological polar surface area (TPSA) is 106 Å². The first-order valence-corrected chi connectivity index (χ1v) is 7.91. The third kappa shape index (κ3) is 4.08. The van der Waals surface area contributed by atoms with Gasteiger partial charge in [-0.3, -0.25) is 0 Å². The number of nitrogens with two attached hydrogens (primary N) is 1. The monoisotopic (exact) mass is 318 g/mol. The normalized spacial score (nSPS) is 13.5. The minimum Gasteiger partial charge on any atom is -0.399 e. The Labute approximate surface area is 107 Å². The number of nitrogens with one attached hydrogen (secondary N) is 1. The predicted octanol–water partition coefficient (Wildman–Crippen LogP) is 0.525. The van der Waals surface area contributed by atoms with Crippen LogP contribution in [-0.2, 0) is 26.2 Å². The zero-order valence-electron chi connectivity index (χ0n) is 9.39. The van der Waals surface area contributed by atoms with E-state index in [1.165, 1.54) is 0 Å². The Balaban J connectivity index is 3.52. The van der Waals surface area contributed by atoms with Crippen molar-refractivity contribution in [3.8, 4) is 0 Å². The zero-order valence-corrected chi connectivity index (χ0v) is 11.0. The molecule has 0 aliphatic heterocycles. The number of hydrogen-bond donors (Lipinski definition) is 2. The van der Waals surface area contributed by atoms with Crippen LogP contribution in [-0.4, -0.2) is 23.1 Å². The first-order chi connectivity index (χ1) is 8.33. The molecule has 1 aromatic carbocycles. The Morgan fingerprint density at radius 3 is 2.11 bits per heavy atom. The van der Waals surface area contributed by atoms with E-state index in [1.54, 1.807) is 0 Å². The SMILES string of the molecule is CS(=O)(=O)NS(=O)(=O)c1ccc(N)cc1C(F)(F)F. The molecule has 6 nitrogen and oxygen atoms in total. The lowest BCUT2D eigenvalue weighted by atomic mass is 10.2. The van der Waals surface area contributed by atoms with Crippen molar-refractivity contribution in [1.82, 2.24) is 4.13 Å². The van der Waals surface area contributed by atoms with Crippen LogP contribution in [0.3, 0.4) is 0 Å². The number of hydrogen-bond acceptors (Lipinski definition) is 5. The van der Waals surface area contributed by atoms with Gasteiger partial charge in [0.2, 0.25) is 10.0 Å². The molecule has 0 radical (unpaired) electrons. The van der Waals surface area contributed by atoms with E-state index in [2.05, 4.69) is 0 Å². The number of nitrogen functional groups attached to an aromatic ring is 1. The Morgan fingerprint density at radius 2 is 1.68 bits per heavy atom. The molecule has 3 N–H and O–H groups in total. The first kappa shape index (κ1) is 15.7. The van der Waals surface area contributed by atoms with E-state index in [4.69, 9.17) is 5.73 Å². The summed E-state index contributed by atoms with van der Waals surface area (Å²) in [6.07, 6.45) is -4.48. The fourth-order valence-electron chi connectivity index (χ4n) is 1.25. The van der Waals surface area contributed by atoms with Gasteiger partial charge in [0.1, 0.15) is 0 Å². The van der Waals surface area contributed by atoms with Crippen molar-refractivity contribution in [2.45, 2.75) is 11.1 Å². The molecule has 0 aliphatic carbocycles. The molecule has 1 rings (SSSR count). The fourth-order valence-corrected chi connectivity index (χ4v) is 3.91. The Morgan fingerprint density at radius 1 is 1.16 bits per heavy atom. The van der Waals surface area contributed by atoms with Crippen LogP contribution in [0.15, 0.2) is 23.1 Å². The number of anilines is 1. The van der Waals surface area contributed by atoms with Gasteiger partial charge in [0.25, 0.3) is 10.0 Å². The average Bonchev–Trinajstić information content (AvgIpc) is 2.11. The molecule has 0 bridgehead atoms. The summed E-state index contributed by atoms with van der Waals surface area (Å²) >= 11 is 0. The van der Waals surface area contributed by atoms with Gasteiger partial charge in [-0.25, -0.2) is 16.8 Å². The van der Waals surface area contributed by atoms with E-state index in [0.29, 0.717) is 18.4 Å². The second-order valence-electron chi connectivity index (χ2n) is 3.61. The third-order valence-electron chi connectivity index (χ3n) is 1.86. The number of alkyl halides is 3. The van der Waals surface area contributed by atoms with Crippen molar-refractivity contribution in [2.75, 3.05) is 12.0 Å². The van der Waals surface area contributed by atoms with Crippen molar-refractivity contribution >= 4 is 25.7 Å². The molecule has 1 aromatic rings. The van der Waals surface area contributed by atoms with E-state index in [-0.39, 0.29) is 5.69 Å². The summed E-state index contributed by atoms with van der Waals surface area (Å²) in [6.45, 7) is 0. The molecule has 108 valence electrons. The number of benzene rings is 1. The van der Waals surface area contributed by atoms with Gasteiger partial charge in [-0.2, -0.15) is 13.2 Å². The maximum Gasteiger partial charge on any atom is 0.417 e. The van der Waals surface area contributed by atoms with Gasteiger partial charge in [-0.05, 0) is 18.2 Å². The van der Waals surface area contributed by atoms with Crippen LogP contribution in [0, 0.1) is 0 Å². The van der Waals surface area contributed by atoms with Crippen molar-refractivity contribution in [3.63, 3.8) is 0 Å². The maximum atomic E-state index is 12.7. The second kappa shape index (κ2) is 4.65. The highest BCUT2D eigenvalue weighted by Gasteiger charge is 2.38. The van der Waals surface area contributed by atoms with E-state index in [9.17, 15) is 30.0 Å². The predicted molar refractivity (Wildman–Crippen MR) is 61.0 cm³/mol. The fraction of sp³-hybridized carbons (Fsp3) is 0.250. The van der Waals surface area contributed by atoms with Crippen molar-refractivity contribution < 1.29 is 30.0 Å². The summed E-state index contributed by atoms with van der Waals surface area (Å²) in [7, 11) is -9.10. The third-order valence-corrected chi connectivity index (χ3v) is 4.88. The van der Waals surface area contributed by atoms with Crippen LogP contribution >= 0.6 is 0 Å². The molecule has 11 heteroatoms. The van der Waals surface area contributed by atoms with E-state index in [0.717, 1.165) is 10.2 Å². The Kier molecular flexibility index (Phi) is 3.85. The molecule has 0 saturated carbocycles. The molecule has 0 saturated heterocycles. The van der Waals surface area contributed by atoms with E-state index < -0.39 is 36.7 Å². The highest BCUT2D eigenvalue weighted by Crippen LogP contribution is 2.35. The molecule has 0 fully saturated rings. The van der Waals surface area contributed by atoms with E-state index in [1.807, 2.05) is 0 Å². The molecule has 0 atom stereocenters. The minimum absolute atomic E-state index is 0.300.